The SMILES string of the molecule is COc1ccc(F)c(NC2CCCCCC2)c1. The van der Waals surface area contributed by atoms with Crippen molar-refractivity contribution in [1.82, 2.24) is 0 Å². The minimum Gasteiger partial charge on any atom is -0.497 e. The third-order valence-electron chi connectivity index (χ3n) is 3.39. The molecule has 1 aromatic carbocycles. The van der Waals surface area contributed by atoms with Gasteiger partial charge in [-0.15, -0.1) is 0 Å². The van der Waals surface area contributed by atoms with Gasteiger partial charge in [0.15, 0.2) is 0 Å². The first-order chi connectivity index (χ1) is 8.29. The van der Waals surface area contributed by atoms with Crippen LogP contribution in [-0.2, 0) is 0 Å². The number of nitrogens with one attached hydrogen (secondary N) is 1. The average molecular weight is 237 g/mol. The van der Waals surface area contributed by atoms with E-state index >= 15 is 0 Å². The van der Waals surface area contributed by atoms with Crippen molar-refractivity contribution in [2.24, 2.45) is 0 Å². The van der Waals surface area contributed by atoms with Gasteiger partial charge in [0, 0.05) is 12.1 Å². The van der Waals surface area contributed by atoms with E-state index in [2.05, 4.69) is 5.32 Å². The lowest BCUT2D eigenvalue weighted by Gasteiger charge is -2.18. The number of halogens is 1. The van der Waals surface area contributed by atoms with Crippen LogP contribution in [0.4, 0.5) is 10.1 Å². The molecule has 94 valence electrons. The summed E-state index contributed by atoms with van der Waals surface area (Å²) in [5.74, 6) is 0.498. The molecular weight excluding hydrogens is 217 g/mol. The fourth-order valence-corrected chi connectivity index (χ4v) is 2.39. The van der Waals surface area contributed by atoms with Gasteiger partial charge in [0.2, 0.25) is 0 Å². The van der Waals surface area contributed by atoms with Gasteiger partial charge < -0.3 is 10.1 Å². The summed E-state index contributed by atoms with van der Waals surface area (Å²) in [6, 6.07) is 5.24. The Kier molecular flexibility index (Phi) is 4.24. The summed E-state index contributed by atoms with van der Waals surface area (Å²) in [6.07, 6.45) is 7.36. The largest absolute Gasteiger partial charge is 0.497 e. The van der Waals surface area contributed by atoms with Crippen molar-refractivity contribution < 1.29 is 9.13 Å². The molecule has 0 spiro atoms. The highest BCUT2D eigenvalue weighted by atomic mass is 19.1. The van der Waals surface area contributed by atoms with Crippen LogP contribution in [0.1, 0.15) is 38.5 Å². The maximum atomic E-state index is 13.6. The summed E-state index contributed by atoms with van der Waals surface area (Å²) in [7, 11) is 1.60. The second kappa shape index (κ2) is 5.89. The second-order valence-corrected chi connectivity index (χ2v) is 4.68. The molecule has 0 amide bonds. The van der Waals surface area contributed by atoms with Crippen molar-refractivity contribution in [2.45, 2.75) is 44.6 Å². The van der Waals surface area contributed by atoms with E-state index in [0.29, 0.717) is 17.5 Å². The summed E-state index contributed by atoms with van der Waals surface area (Å²) < 4.78 is 18.8. The Morgan fingerprint density at radius 2 is 1.88 bits per heavy atom. The van der Waals surface area contributed by atoms with Crippen LogP contribution in [0, 0.1) is 5.82 Å². The molecule has 0 heterocycles. The van der Waals surface area contributed by atoms with Gasteiger partial charge in [-0.25, -0.2) is 4.39 Å². The van der Waals surface area contributed by atoms with E-state index in [-0.39, 0.29) is 5.82 Å². The highest BCUT2D eigenvalue weighted by Crippen LogP contribution is 2.25. The number of ether oxygens (including phenoxy) is 1. The Morgan fingerprint density at radius 1 is 1.18 bits per heavy atom. The topological polar surface area (TPSA) is 21.3 Å². The predicted molar refractivity (Wildman–Crippen MR) is 68.1 cm³/mol. The van der Waals surface area contributed by atoms with Gasteiger partial charge in [-0.3, -0.25) is 0 Å². The first-order valence-corrected chi connectivity index (χ1v) is 6.39. The summed E-state index contributed by atoms with van der Waals surface area (Å²) >= 11 is 0. The van der Waals surface area contributed by atoms with Crippen molar-refractivity contribution in [2.75, 3.05) is 12.4 Å². The molecule has 2 nitrogen and oxygen atoms in total. The summed E-state index contributed by atoms with van der Waals surface area (Å²) in [5, 5.41) is 3.31. The maximum absolute atomic E-state index is 13.6. The van der Waals surface area contributed by atoms with Gasteiger partial charge in [-0.05, 0) is 25.0 Å². The zero-order chi connectivity index (χ0) is 12.1. The fraction of sp³-hybridized carbons (Fsp3) is 0.571. The fourth-order valence-electron chi connectivity index (χ4n) is 2.39. The van der Waals surface area contributed by atoms with E-state index < -0.39 is 0 Å². The number of hydrogen-bond acceptors (Lipinski definition) is 2. The molecule has 1 saturated carbocycles. The molecule has 1 fully saturated rings. The van der Waals surface area contributed by atoms with Crippen molar-refractivity contribution in [3.05, 3.63) is 24.0 Å². The molecule has 0 bridgehead atoms. The van der Waals surface area contributed by atoms with E-state index in [4.69, 9.17) is 4.74 Å². The molecule has 0 atom stereocenters. The molecule has 0 unspecified atom stereocenters. The van der Waals surface area contributed by atoms with Gasteiger partial charge in [0.25, 0.3) is 0 Å². The third kappa shape index (κ3) is 3.35. The van der Waals surface area contributed by atoms with Gasteiger partial charge in [-0.2, -0.15) is 0 Å². The minimum absolute atomic E-state index is 0.199. The highest BCUT2D eigenvalue weighted by Gasteiger charge is 2.14. The Morgan fingerprint density at radius 3 is 2.53 bits per heavy atom. The van der Waals surface area contributed by atoms with Crippen molar-refractivity contribution in [3.8, 4) is 5.75 Å². The molecule has 1 N–H and O–H groups in total. The van der Waals surface area contributed by atoms with Crippen molar-refractivity contribution in [1.29, 1.82) is 0 Å². The monoisotopic (exact) mass is 237 g/mol. The molecule has 1 aromatic rings. The molecule has 0 aliphatic heterocycles. The molecule has 0 radical (unpaired) electrons. The third-order valence-corrected chi connectivity index (χ3v) is 3.39. The standard InChI is InChI=1S/C14H20FNO/c1-17-12-8-9-13(15)14(10-12)16-11-6-4-2-3-5-7-11/h8-11,16H,2-7H2,1H3. The molecular formula is C14H20FNO. The Labute approximate surface area is 102 Å². The molecule has 3 heteroatoms. The van der Waals surface area contributed by atoms with Crippen LogP contribution < -0.4 is 10.1 Å². The lowest BCUT2D eigenvalue weighted by Crippen LogP contribution is -2.19. The zero-order valence-corrected chi connectivity index (χ0v) is 10.3. The predicted octanol–water partition coefficient (Wildman–Crippen LogP) is 3.97. The van der Waals surface area contributed by atoms with E-state index in [1.54, 1.807) is 19.2 Å². The summed E-state index contributed by atoms with van der Waals surface area (Å²) in [4.78, 5) is 0. The lowest BCUT2D eigenvalue weighted by atomic mass is 10.1. The molecule has 17 heavy (non-hydrogen) atoms. The number of rotatable bonds is 3. The van der Waals surface area contributed by atoms with Crippen molar-refractivity contribution >= 4 is 5.69 Å². The highest BCUT2D eigenvalue weighted by molar-refractivity contribution is 5.50. The first kappa shape index (κ1) is 12.2. The second-order valence-electron chi connectivity index (χ2n) is 4.68. The van der Waals surface area contributed by atoms with Crippen LogP contribution in [0.2, 0.25) is 0 Å². The minimum atomic E-state index is -0.199. The van der Waals surface area contributed by atoms with Gasteiger partial charge in [-0.1, -0.05) is 25.7 Å². The van der Waals surface area contributed by atoms with E-state index in [0.717, 1.165) is 12.8 Å². The van der Waals surface area contributed by atoms with E-state index in [1.807, 2.05) is 0 Å². The van der Waals surface area contributed by atoms with Gasteiger partial charge in [0.05, 0.1) is 12.8 Å². The van der Waals surface area contributed by atoms with Crippen LogP contribution in [0.15, 0.2) is 18.2 Å². The smallest absolute Gasteiger partial charge is 0.146 e. The van der Waals surface area contributed by atoms with Crippen molar-refractivity contribution in [3.63, 3.8) is 0 Å². The van der Waals surface area contributed by atoms with Crippen LogP contribution in [0.5, 0.6) is 5.75 Å². The normalized spacial score (nSPS) is 17.5. The number of hydrogen-bond donors (Lipinski definition) is 1. The Bertz CT molecular complexity index is 359. The average Bonchev–Trinajstić information content (AvgIpc) is 2.60. The molecule has 0 aromatic heterocycles. The molecule has 1 aliphatic rings. The summed E-state index contributed by atoms with van der Waals surface area (Å²) in [5.41, 5.74) is 0.566. The summed E-state index contributed by atoms with van der Waals surface area (Å²) in [6.45, 7) is 0. The quantitative estimate of drug-likeness (QED) is 0.803. The van der Waals surface area contributed by atoms with E-state index in [1.165, 1.54) is 31.7 Å². The zero-order valence-electron chi connectivity index (χ0n) is 10.3. The number of methoxy groups -OCH3 is 1. The molecule has 0 saturated heterocycles. The maximum Gasteiger partial charge on any atom is 0.146 e. The van der Waals surface area contributed by atoms with Crippen LogP contribution in [0.25, 0.3) is 0 Å². The first-order valence-electron chi connectivity index (χ1n) is 6.39. The number of benzene rings is 1. The molecule has 2 rings (SSSR count). The van der Waals surface area contributed by atoms with Crippen LogP contribution in [0.3, 0.4) is 0 Å². The Balaban J connectivity index is 2.05. The number of anilines is 1. The van der Waals surface area contributed by atoms with Crippen LogP contribution >= 0.6 is 0 Å². The molecule has 1 aliphatic carbocycles. The lowest BCUT2D eigenvalue weighted by molar-refractivity contribution is 0.414. The van der Waals surface area contributed by atoms with E-state index in [9.17, 15) is 4.39 Å². The van der Waals surface area contributed by atoms with Gasteiger partial charge >= 0.3 is 0 Å². The Hall–Kier alpha value is -1.25. The van der Waals surface area contributed by atoms with Crippen LogP contribution in [-0.4, -0.2) is 13.2 Å². The van der Waals surface area contributed by atoms with Gasteiger partial charge in [0.1, 0.15) is 11.6 Å².